The maximum absolute atomic E-state index is 15.1. The molecule has 11 nitrogen and oxygen atoms in total. The van der Waals surface area contributed by atoms with E-state index in [9.17, 15) is 10.5 Å². The number of nitrogens with zero attached hydrogens (tertiary/aromatic N) is 9. The molecule has 262 valence electrons. The van der Waals surface area contributed by atoms with Gasteiger partial charge in [0.05, 0.1) is 65.3 Å². The third kappa shape index (κ3) is 6.63. The number of aromatic nitrogens is 4. The number of imide groups is 1. The highest BCUT2D eigenvalue weighted by Crippen LogP contribution is 2.37. The number of rotatable bonds is 9. The van der Waals surface area contributed by atoms with Crippen LogP contribution in [0.15, 0.2) is 145 Å². The number of carbonyl (C=O) groups excluding carboxylic acids is 2. The molecule has 0 saturated heterocycles. The molecule has 4 heterocycles. The topological polar surface area (TPSA) is 133 Å². The van der Waals surface area contributed by atoms with Gasteiger partial charge < -0.3 is 14.0 Å². The number of carbonyl (C=O) groups is 2. The Morgan fingerprint density at radius 3 is 1.78 bits per heavy atom. The van der Waals surface area contributed by atoms with Gasteiger partial charge in [0.15, 0.2) is 12.0 Å². The number of amides is 2. The van der Waals surface area contributed by atoms with Crippen LogP contribution in [-0.2, 0) is 42.1 Å². The van der Waals surface area contributed by atoms with E-state index in [1.165, 1.54) is 0 Å². The number of quaternary nitrogens is 1. The van der Waals surface area contributed by atoms with Gasteiger partial charge in [0.25, 0.3) is 0 Å². The first-order valence-corrected chi connectivity index (χ1v) is 17.5. The van der Waals surface area contributed by atoms with Gasteiger partial charge in [-0.25, -0.2) is 24.5 Å². The molecular weight excluding hydrogens is 675 g/mol. The molecular formula is C43H34N9O2+. The number of hydrogen-bond acceptors (Lipinski definition) is 8. The molecule has 0 fully saturated rings. The molecule has 4 aromatic carbocycles. The molecule has 2 aliphatic heterocycles. The van der Waals surface area contributed by atoms with Crippen molar-refractivity contribution in [3.8, 4) is 12.1 Å². The molecule has 0 aliphatic carbocycles. The highest BCUT2D eigenvalue weighted by molar-refractivity contribution is 6.07. The molecule has 11 heteroatoms. The summed E-state index contributed by atoms with van der Waals surface area (Å²) >= 11 is 0. The Bertz CT molecular complexity index is 2400. The minimum Gasteiger partial charge on any atom is -0.329 e. The highest BCUT2D eigenvalue weighted by Gasteiger charge is 2.48. The van der Waals surface area contributed by atoms with Gasteiger partial charge in [0.2, 0.25) is 0 Å². The van der Waals surface area contributed by atoms with Crippen molar-refractivity contribution in [2.45, 2.75) is 32.5 Å². The van der Waals surface area contributed by atoms with Gasteiger partial charge in [-0.15, -0.1) is 0 Å². The second-order valence-electron chi connectivity index (χ2n) is 13.4. The number of imidazole rings is 2. The zero-order valence-corrected chi connectivity index (χ0v) is 29.3. The zero-order valence-electron chi connectivity index (χ0n) is 29.3. The second-order valence-corrected chi connectivity index (χ2v) is 13.4. The Morgan fingerprint density at radius 1 is 0.685 bits per heavy atom. The van der Waals surface area contributed by atoms with Gasteiger partial charge in [-0.2, -0.15) is 15.0 Å². The number of aliphatic imine (C=N–C) groups is 1. The molecule has 0 spiro atoms. The highest BCUT2D eigenvalue weighted by atomic mass is 16.2. The van der Waals surface area contributed by atoms with Gasteiger partial charge in [0.1, 0.15) is 19.4 Å². The molecule has 2 aromatic heterocycles. The molecule has 54 heavy (non-hydrogen) atoms. The van der Waals surface area contributed by atoms with Crippen molar-refractivity contribution in [2.24, 2.45) is 4.99 Å². The van der Waals surface area contributed by atoms with Gasteiger partial charge in [-0.1, -0.05) is 72.8 Å². The number of benzene rings is 4. The Morgan fingerprint density at radius 2 is 1.22 bits per heavy atom. The fourth-order valence-corrected chi connectivity index (χ4v) is 7.07. The van der Waals surface area contributed by atoms with E-state index in [0.717, 1.165) is 33.7 Å². The van der Waals surface area contributed by atoms with E-state index < -0.39 is 4.48 Å². The predicted molar refractivity (Wildman–Crippen MR) is 201 cm³/mol. The monoisotopic (exact) mass is 708 g/mol. The maximum Gasteiger partial charge on any atom is 0.332 e. The van der Waals surface area contributed by atoms with Gasteiger partial charge in [-0.05, 0) is 47.0 Å². The van der Waals surface area contributed by atoms with Crippen molar-refractivity contribution in [3.63, 3.8) is 0 Å². The third-order valence-corrected chi connectivity index (χ3v) is 10.0. The van der Waals surface area contributed by atoms with Crippen molar-refractivity contribution in [3.05, 3.63) is 185 Å². The maximum atomic E-state index is 15.1. The van der Waals surface area contributed by atoms with Crippen LogP contribution in [0, 0.1) is 22.7 Å². The van der Waals surface area contributed by atoms with E-state index in [0.29, 0.717) is 48.0 Å². The van der Waals surface area contributed by atoms with E-state index in [4.69, 9.17) is 4.99 Å². The fourth-order valence-electron chi connectivity index (χ4n) is 7.07. The lowest BCUT2D eigenvalue weighted by atomic mass is 10.1. The molecule has 2 aliphatic rings. The third-order valence-electron chi connectivity index (χ3n) is 10.0. The SMILES string of the molecule is N#Cc1ccc(Cn2cncc2CC(=O)[N+]2(C(=O)Cc3cncn3Cc3ccc(C#N)cc3)C=C3N=C(c4ccccc4)CN3c3ccccc3C2)cc1. The van der Waals surface area contributed by atoms with Gasteiger partial charge in [0, 0.05) is 31.0 Å². The molecule has 0 N–H and O–H groups in total. The van der Waals surface area contributed by atoms with Crippen LogP contribution in [0.2, 0.25) is 0 Å². The Balaban J connectivity index is 1.19. The normalized spacial score (nSPS) is 14.1. The number of fused-ring (bicyclic) bond motifs is 3. The molecule has 0 unspecified atom stereocenters. The standard InChI is InChI=1S/C43H34N9O2/c44-20-31-10-14-33(15-11-31)24-49-29-46-22-37(49)18-42(53)52(43(54)19-38-23-47-30-50(38)25-34-16-12-32(21-45)13-17-34)27-36-8-4-5-9-40(36)51-26-39(48-41(51)28-52)35-6-2-1-3-7-35/h1-17,22-23,28-30H,18-19,24-27H2/q+1. The number of anilines is 1. The van der Waals surface area contributed by atoms with Crippen molar-refractivity contribution in [1.82, 2.24) is 19.1 Å². The average molecular weight is 709 g/mol. The number of hydrogen-bond donors (Lipinski definition) is 0. The van der Waals surface area contributed by atoms with Crippen molar-refractivity contribution < 1.29 is 14.1 Å². The molecule has 0 saturated carbocycles. The first-order valence-electron chi connectivity index (χ1n) is 17.5. The minimum absolute atomic E-state index is 0.0618. The number of nitriles is 2. The smallest absolute Gasteiger partial charge is 0.329 e. The van der Waals surface area contributed by atoms with Crippen LogP contribution in [0.5, 0.6) is 0 Å². The largest absolute Gasteiger partial charge is 0.332 e. The molecule has 6 aromatic rings. The van der Waals surface area contributed by atoms with Gasteiger partial charge in [-0.3, -0.25) is 0 Å². The van der Waals surface area contributed by atoms with Crippen LogP contribution < -0.4 is 4.90 Å². The lowest BCUT2D eigenvalue weighted by Gasteiger charge is -2.29. The lowest BCUT2D eigenvalue weighted by molar-refractivity contribution is -0.740. The van der Waals surface area contributed by atoms with Crippen LogP contribution in [0.1, 0.15) is 44.8 Å². The summed E-state index contributed by atoms with van der Waals surface area (Å²) in [6, 6.07) is 36.7. The van der Waals surface area contributed by atoms with Crippen molar-refractivity contribution in [1.29, 1.82) is 10.5 Å². The van der Waals surface area contributed by atoms with E-state index >= 15 is 9.59 Å². The Hall–Kier alpha value is -7.21. The molecule has 8 rings (SSSR count). The summed E-state index contributed by atoms with van der Waals surface area (Å²) in [5, 5.41) is 18.5. The second kappa shape index (κ2) is 14.4. The van der Waals surface area contributed by atoms with E-state index in [2.05, 4.69) is 27.0 Å². The Kier molecular flexibility index (Phi) is 9.06. The lowest BCUT2D eigenvalue weighted by Crippen LogP contribution is -2.54. The summed E-state index contributed by atoms with van der Waals surface area (Å²) in [5.74, 6) is -0.0859. The van der Waals surface area contributed by atoms with Crippen LogP contribution in [-0.4, -0.2) is 47.7 Å². The van der Waals surface area contributed by atoms with E-state index in [1.807, 2.05) is 88.0 Å². The summed E-state index contributed by atoms with van der Waals surface area (Å²) < 4.78 is 3.21. The summed E-state index contributed by atoms with van der Waals surface area (Å²) in [5.41, 5.74) is 7.92. The molecule has 0 atom stereocenters. The Labute approximate surface area is 312 Å². The van der Waals surface area contributed by atoms with Crippen molar-refractivity contribution in [2.75, 3.05) is 11.4 Å². The average Bonchev–Trinajstić information content (AvgIpc) is 3.94. The van der Waals surface area contributed by atoms with Gasteiger partial charge >= 0.3 is 11.8 Å². The summed E-state index contributed by atoms with van der Waals surface area (Å²) in [4.78, 5) is 46.1. The fraction of sp³-hybridized carbons (Fsp3) is 0.140. The zero-order chi connectivity index (χ0) is 37.1. The van der Waals surface area contributed by atoms with Crippen LogP contribution in [0.25, 0.3) is 0 Å². The summed E-state index contributed by atoms with van der Waals surface area (Å²) in [6.07, 6.45) is 8.31. The summed E-state index contributed by atoms with van der Waals surface area (Å²) in [6.45, 7) is 1.49. The molecule has 2 amide bonds. The quantitative estimate of drug-likeness (QED) is 0.171. The molecule has 0 bridgehead atoms. The van der Waals surface area contributed by atoms with E-state index in [-0.39, 0.29) is 31.2 Å². The van der Waals surface area contributed by atoms with Crippen LogP contribution >= 0.6 is 0 Å². The first kappa shape index (κ1) is 33.9. The minimum atomic E-state index is -0.599. The first-order chi connectivity index (χ1) is 26.4. The van der Waals surface area contributed by atoms with E-state index in [1.54, 1.807) is 55.5 Å². The van der Waals surface area contributed by atoms with Crippen LogP contribution in [0.4, 0.5) is 5.69 Å². The predicted octanol–water partition coefficient (Wildman–Crippen LogP) is 5.90. The van der Waals surface area contributed by atoms with Crippen LogP contribution in [0.3, 0.4) is 0 Å². The number of para-hydroxylation sites is 1. The molecule has 0 radical (unpaired) electrons. The summed E-state index contributed by atoms with van der Waals surface area (Å²) in [7, 11) is 0. The van der Waals surface area contributed by atoms with Crippen molar-refractivity contribution >= 4 is 23.2 Å².